The van der Waals surface area contributed by atoms with Crippen LogP contribution in [-0.2, 0) is 0 Å². The summed E-state index contributed by atoms with van der Waals surface area (Å²) >= 11 is 10.6. The van der Waals surface area contributed by atoms with Crippen molar-refractivity contribution in [1.29, 1.82) is 0 Å². The van der Waals surface area contributed by atoms with Gasteiger partial charge in [0.15, 0.2) is 0 Å². The molecule has 0 aliphatic rings. The number of aromatic amines is 1. The van der Waals surface area contributed by atoms with E-state index >= 15 is 0 Å². The highest BCUT2D eigenvalue weighted by Gasteiger charge is 2.04. The molecule has 0 fully saturated rings. The number of nitrogens with zero attached hydrogens (tertiary/aromatic N) is 3. The topological polar surface area (TPSA) is 63.0 Å². The highest BCUT2D eigenvalue weighted by atomic mass is 35.5. The van der Waals surface area contributed by atoms with E-state index in [1.54, 1.807) is 0 Å². The van der Waals surface area contributed by atoms with Crippen molar-refractivity contribution in [2.75, 3.05) is 0 Å². The Labute approximate surface area is 111 Å². The van der Waals surface area contributed by atoms with Gasteiger partial charge in [-0.3, -0.25) is 9.89 Å². The zero-order valence-corrected chi connectivity index (χ0v) is 10.4. The van der Waals surface area contributed by atoms with E-state index in [0.29, 0.717) is 0 Å². The van der Waals surface area contributed by atoms with Crippen LogP contribution in [0.1, 0.15) is 5.56 Å². The van der Waals surface area contributed by atoms with E-state index in [4.69, 9.17) is 23.8 Å². The van der Waals surface area contributed by atoms with Crippen molar-refractivity contribution in [2.24, 2.45) is 5.10 Å². The van der Waals surface area contributed by atoms with Crippen LogP contribution in [0.3, 0.4) is 0 Å². The van der Waals surface area contributed by atoms with Crippen molar-refractivity contribution in [3.8, 4) is 0 Å². The Morgan fingerprint density at radius 2 is 2.33 bits per heavy atom. The third-order valence-corrected chi connectivity index (χ3v) is 2.63. The van der Waals surface area contributed by atoms with E-state index < -0.39 is 11.4 Å². The summed E-state index contributed by atoms with van der Waals surface area (Å²) in [6.45, 7) is 0. The largest absolute Gasteiger partial charge is 0.293 e. The van der Waals surface area contributed by atoms with Gasteiger partial charge in [0.1, 0.15) is 12.0 Å². The Balaban J connectivity index is 2.49. The molecule has 18 heavy (non-hydrogen) atoms. The zero-order valence-electron chi connectivity index (χ0n) is 8.80. The molecular formula is C10H6ClFN4OS. The van der Waals surface area contributed by atoms with Gasteiger partial charge in [-0.2, -0.15) is 14.9 Å². The van der Waals surface area contributed by atoms with Crippen molar-refractivity contribution in [3.63, 3.8) is 0 Å². The quantitative estimate of drug-likeness (QED) is 0.677. The van der Waals surface area contributed by atoms with E-state index in [1.807, 2.05) is 0 Å². The van der Waals surface area contributed by atoms with Gasteiger partial charge in [-0.1, -0.05) is 17.7 Å². The smallest absolute Gasteiger partial charge is 0.265 e. The summed E-state index contributed by atoms with van der Waals surface area (Å²) in [6, 6.07) is 4.23. The fraction of sp³-hybridized carbons (Fsp3) is 0. The number of aromatic nitrogens is 3. The van der Waals surface area contributed by atoms with Crippen LogP contribution >= 0.6 is 23.8 Å². The van der Waals surface area contributed by atoms with Gasteiger partial charge in [-0.25, -0.2) is 4.39 Å². The van der Waals surface area contributed by atoms with E-state index in [9.17, 15) is 9.18 Å². The molecule has 2 rings (SSSR count). The molecule has 8 heteroatoms. The van der Waals surface area contributed by atoms with E-state index in [-0.39, 0.29) is 15.4 Å². The van der Waals surface area contributed by atoms with Crippen molar-refractivity contribution >= 4 is 30.0 Å². The molecule has 0 saturated carbocycles. The molecule has 1 aromatic heterocycles. The first-order valence-corrected chi connectivity index (χ1v) is 5.53. The molecule has 0 saturated heterocycles. The van der Waals surface area contributed by atoms with Crippen LogP contribution in [0.25, 0.3) is 0 Å². The monoisotopic (exact) mass is 284 g/mol. The molecular weight excluding hydrogens is 279 g/mol. The average molecular weight is 285 g/mol. The fourth-order valence-electron chi connectivity index (χ4n) is 1.20. The number of H-pyrrole nitrogens is 1. The lowest BCUT2D eigenvalue weighted by molar-refractivity contribution is 0.625. The molecule has 1 heterocycles. The van der Waals surface area contributed by atoms with Gasteiger partial charge in [-0.15, -0.1) is 0 Å². The van der Waals surface area contributed by atoms with Crippen molar-refractivity contribution in [3.05, 3.63) is 55.9 Å². The minimum atomic E-state index is -0.539. The minimum Gasteiger partial charge on any atom is -0.265 e. The predicted molar refractivity (Wildman–Crippen MR) is 68.1 cm³/mol. The summed E-state index contributed by atoms with van der Waals surface area (Å²) in [7, 11) is 0. The van der Waals surface area contributed by atoms with Gasteiger partial charge < -0.3 is 0 Å². The SMILES string of the molecule is O=c1cn[nH]c(=S)n1N=Cc1c(F)cccc1Cl. The molecule has 0 amide bonds. The van der Waals surface area contributed by atoms with E-state index in [1.165, 1.54) is 18.2 Å². The summed E-state index contributed by atoms with van der Waals surface area (Å²) in [5, 5.41) is 9.86. The molecule has 1 aromatic carbocycles. The maximum absolute atomic E-state index is 13.4. The van der Waals surface area contributed by atoms with Gasteiger partial charge in [0.25, 0.3) is 5.56 Å². The van der Waals surface area contributed by atoms with Crippen LogP contribution in [0.5, 0.6) is 0 Å². The average Bonchev–Trinajstić information content (AvgIpc) is 2.31. The summed E-state index contributed by atoms with van der Waals surface area (Å²) < 4.78 is 14.3. The third kappa shape index (κ3) is 2.52. The molecule has 0 aliphatic carbocycles. The first kappa shape index (κ1) is 12.6. The second-order valence-corrected chi connectivity index (χ2v) is 4.00. The fourth-order valence-corrected chi connectivity index (χ4v) is 1.61. The number of hydrogen-bond acceptors (Lipinski definition) is 4. The van der Waals surface area contributed by atoms with Crippen LogP contribution in [-0.4, -0.2) is 21.1 Å². The Hall–Kier alpha value is -1.86. The number of hydrogen-bond donors (Lipinski definition) is 1. The van der Waals surface area contributed by atoms with Crippen LogP contribution in [0.4, 0.5) is 4.39 Å². The molecule has 0 aliphatic heterocycles. The van der Waals surface area contributed by atoms with Gasteiger partial charge in [0, 0.05) is 5.56 Å². The number of halogens is 2. The molecule has 0 unspecified atom stereocenters. The summed E-state index contributed by atoms with van der Waals surface area (Å²) in [4.78, 5) is 11.4. The molecule has 0 atom stereocenters. The van der Waals surface area contributed by atoms with Crippen molar-refractivity contribution in [2.45, 2.75) is 0 Å². The zero-order chi connectivity index (χ0) is 13.1. The standard InChI is InChI=1S/C10H6ClFN4OS/c11-7-2-1-3-8(12)6(7)4-14-16-9(17)5-13-15-10(16)18/h1-5H,(H,15,18). The summed E-state index contributed by atoms with van der Waals surface area (Å²) in [6.07, 6.45) is 2.14. The van der Waals surface area contributed by atoms with E-state index in [2.05, 4.69) is 15.3 Å². The molecule has 0 spiro atoms. The van der Waals surface area contributed by atoms with Gasteiger partial charge in [-0.05, 0) is 24.4 Å². The van der Waals surface area contributed by atoms with Gasteiger partial charge in [0.2, 0.25) is 4.77 Å². The molecule has 92 valence electrons. The minimum absolute atomic E-state index is 0.00575. The maximum Gasteiger partial charge on any atom is 0.293 e. The molecule has 0 radical (unpaired) electrons. The lowest BCUT2D eigenvalue weighted by Gasteiger charge is -2.00. The van der Waals surface area contributed by atoms with Crippen molar-refractivity contribution in [1.82, 2.24) is 14.9 Å². The highest BCUT2D eigenvalue weighted by Crippen LogP contribution is 2.16. The Bertz CT molecular complexity index is 676. The summed E-state index contributed by atoms with van der Waals surface area (Å²) in [5.41, 5.74) is -0.445. The number of benzene rings is 1. The number of rotatable bonds is 2. The third-order valence-electron chi connectivity index (χ3n) is 2.04. The second-order valence-electron chi connectivity index (χ2n) is 3.21. The Morgan fingerprint density at radius 3 is 3.00 bits per heavy atom. The van der Waals surface area contributed by atoms with Gasteiger partial charge >= 0.3 is 0 Å². The molecule has 5 nitrogen and oxygen atoms in total. The van der Waals surface area contributed by atoms with E-state index in [0.717, 1.165) is 17.1 Å². The number of nitrogens with one attached hydrogen (secondary N) is 1. The Kier molecular flexibility index (Phi) is 3.63. The maximum atomic E-state index is 13.4. The van der Waals surface area contributed by atoms with Crippen LogP contribution in [0.2, 0.25) is 5.02 Å². The normalized spacial score (nSPS) is 11.0. The first-order chi connectivity index (χ1) is 8.59. The summed E-state index contributed by atoms with van der Waals surface area (Å²) in [5.74, 6) is -0.539. The van der Waals surface area contributed by atoms with Crippen LogP contribution in [0, 0.1) is 10.6 Å². The van der Waals surface area contributed by atoms with Gasteiger partial charge in [0.05, 0.1) is 11.2 Å². The molecule has 1 N–H and O–H groups in total. The second kappa shape index (κ2) is 5.19. The lowest BCUT2D eigenvalue weighted by Crippen LogP contribution is -2.18. The van der Waals surface area contributed by atoms with Crippen molar-refractivity contribution < 1.29 is 4.39 Å². The van der Waals surface area contributed by atoms with Crippen LogP contribution in [0.15, 0.2) is 34.3 Å². The lowest BCUT2D eigenvalue weighted by atomic mass is 10.2. The Morgan fingerprint density at radius 1 is 1.56 bits per heavy atom. The molecule has 2 aromatic rings. The van der Waals surface area contributed by atoms with Crippen LogP contribution < -0.4 is 5.56 Å². The first-order valence-electron chi connectivity index (χ1n) is 4.74. The molecule has 0 bridgehead atoms. The predicted octanol–water partition coefficient (Wildman–Crippen LogP) is 1.98. The highest BCUT2D eigenvalue weighted by molar-refractivity contribution is 7.71.